The minimum absolute atomic E-state index is 0.0370. The lowest BCUT2D eigenvalue weighted by molar-refractivity contribution is -0.146. The summed E-state index contributed by atoms with van der Waals surface area (Å²) in [5.41, 5.74) is 5.00. The van der Waals surface area contributed by atoms with Gasteiger partial charge < -0.3 is 10.2 Å². The van der Waals surface area contributed by atoms with E-state index in [1.165, 1.54) is 12.0 Å². The molecule has 7 atom stereocenters. The van der Waals surface area contributed by atoms with Gasteiger partial charge in [0.2, 0.25) is 0 Å². The number of allylic oxidation sites excluding steroid dienone is 4. The fourth-order valence-electron chi connectivity index (χ4n) is 9.41. The van der Waals surface area contributed by atoms with Crippen LogP contribution in [0.2, 0.25) is 0 Å². The molecule has 0 aromatic carbocycles. The Bertz CT molecular complexity index is 862. The molecule has 4 aliphatic carbocycles. The van der Waals surface area contributed by atoms with E-state index in [2.05, 4.69) is 54.5 Å². The van der Waals surface area contributed by atoms with Crippen LogP contribution in [0.15, 0.2) is 22.8 Å². The average molecular weight is 457 g/mol. The summed E-state index contributed by atoms with van der Waals surface area (Å²) >= 11 is 0. The zero-order valence-electron chi connectivity index (χ0n) is 22.3. The number of carbonyl (C=O) groups is 1. The third kappa shape index (κ3) is 3.58. The third-order valence-corrected chi connectivity index (χ3v) is 11.6. The van der Waals surface area contributed by atoms with Gasteiger partial charge in [-0.1, -0.05) is 57.4 Å². The van der Waals surface area contributed by atoms with Crippen molar-refractivity contribution in [2.45, 2.75) is 119 Å². The Morgan fingerprint density at radius 3 is 2.33 bits per heavy atom. The first kappa shape index (κ1) is 25.0. The van der Waals surface area contributed by atoms with Crippen molar-refractivity contribution in [1.82, 2.24) is 0 Å². The summed E-state index contributed by atoms with van der Waals surface area (Å²) in [5.74, 6) is -0.0420. The molecular weight excluding hydrogens is 408 g/mol. The Balaban J connectivity index is 1.69. The van der Waals surface area contributed by atoms with Crippen LogP contribution in [0.5, 0.6) is 0 Å². The molecule has 33 heavy (non-hydrogen) atoms. The Labute approximate surface area is 202 Å². The van der Waals surface area contributed by atoms with Crippen LogP contribution >= 0.6 is 0 Å². The summed E-state index contributed by atoms with van der Waals surface area (Å²) in [7, 11) is 0. The number of aliphatic carboxylic acids is 1. The van der Waals surface area contributed by atoms with Gasteiger partial charge in [-0.3, -0.25) is 4.79 Å². The van der Waals surface area contributed by atoms with E-state index in [1.54, 1.807) is 11.1 Å². The van der Waals surface area contributed by atoms with Gasteiger partial charge in [0.1, 0.15) is 0 Å². The van der Waals surface area contributed by atoms with Crippen molar-refractivity contribution in [2.75, 3.05) is 0 Å². The van der Waals surface area contributed by atoms with E-state index in [4.69, 9.17) is 0 Å². The summed E-state index contributed by atoms with van der Waals surface area (Å²) in [5, 5.41) is 21.0. The monoisotopic (exact) mass is 456 g/mol. The summed E-state index contributed by atoms with van der Waals surface area (Å²) < 4.78 is 0. The van der Waals surface area contributed by atoms with E-state index in [-0.39, 0.29) is 39.6 Å². The SMILES string of the molecule is CC(C)=CCC[C@@H](C(=O)O)C1CC[C@@]2(C)C3=C(CC[C@]12C)[C@@]1(C)CC[C@H](O)C(C)(C)[C@@H]1CC3. The lowest BCUT2D eigenvalue weighted by atomic mass is 9.43. The van der Waals surface area contributed by atoms with Crippen LogP contribution in [0.3, 0.4) is 0 Å². The standard InChI is InChI=1S/C30H48O3/c1-19(2)9-8-10-20(26(32)33)21-13-17-30(7)23-11-12-24-27(3,4)25(31)15-16-28(24,5)22(23)14-18-29(21,30)6/h9,20-21,24-25,31H,8,10-18H2,1-7H3,(H,32,33)/t20-,21?,24+,25+,28-,29-,30+/m1/s1. The molecule has 2 N–H and O–H groups in total. The number of hydrogen-bond donors (Lipinski definition) is 2. The topological polar surface area (TPSA) is 57.5 Å². The van der Waals surface area contributed by atoms with E-state index in [0.29, 0.717) is 5.92 Å². The maximum absolute atomic E-state index is 12.5. The van der Waals surface area contributed by atoms with Crippen LogP contribution in [0, 0.1) is 39.4 Å². The van der Waals surface area contributed by atoms with E-state index >= 15 is 0 Å². The molecule has 2 saturated carbocycles. The van der Waals surface area contributed by atoms with Gasteiger partial charge in [0.25, 0.3) is 0 Å². The predicted molar refractivity (Wildman–Crippen MR) is 135 cm³/mol. The van der Waals surface area contributed by atoms with Gasteiger partial charge in [-0.15, -0.1) is 0 Å². The normalized spacial score (nSPS) is 42.7. The molecule has 0 aliphatic heterocycles. The Morgan fingerprint density at radius 2 is 1.70 bits per heavy atom. The van der Waals surface area contributed by atoms with Crippen LogP contribution in [0.25, 0.3) is 0 Å². The van der Waals surface area contributed by atoms with Crippen molar-refractivity contribution in [3.63, 3.8) is 0 Å². The van der Waals surface area contributed by atoms with Crippen molar-refractivity contribution >= 4 is 5.97 Å². The highest BCUT2D eigenvalue weighted by atomic mass is 16.4. The lowest BCUT2D eigenvalue weighted by Crippen LogP contribution is -2.55. The van der Waals surface area contributed by atoms with Gasteiger partial charge in [-0.25, -0.2) is 0 Å². The molecular formula is C30H48O3. The second kappa shape index (κ2) is 8.25. The molecule has 3 nitrogen and oxygen atoms in total. The predicted octanol–water partition coefficient (Wildman–Crippen LogP) is 7.54. The van der Waals surface area contributed by atoms with E-state index < -0.39 is 5.97 Å². The minimum atomic E-state index is -0.592. The number of rotatable bonds is 5. The zero-order valence-corrected chi connectivity index (χ0v) is 22.3. The summed E-state index contributed by atoms with van der Waals surface area (Å²) in [6.45, 7) is 16.2. The average Bonchev–Trinajstić information content (AvgIpc) is 3.00. The second-order valence-corrected chi connectivity index (χ2v) is 13.5. The van der Waals surface area contributed by atoms with Crippen molar-refractivity contribution < 1.29 is 15.0 Å². The van der Waals surface area contributed by atoms with E-state index in [0.717, 1.165) is 57.8 Å². The molecule has 0 aromatic rings. The number of hydrogen-bond acceptors (Lipinski definition) is 2. The highest BCUT2D eigenvalue weighted by molar-refractivity contribution is 5.70. The van der Waals surface area contributed by atoms with Crippen molar-refractivity contribution in [2.24, 2.45) is 39.4 Å². The fourth-order valence-corrected chi connectivity index (χ4v) is 9.41. The first-order chi connectivity index (χ1) is 15.3. The second-order valence-electron chi connectivity index (χ2n) is 13.5. The van der Waals surface area contributed by atoms with Gasteiger partial charge in [0, 0.05) is 0 Å². The summed E-state index contributed by atoms with van der Waals surface area (Å²) in [4.78, 5) is 12.5. The van der Waals surface area contributed by atoms with E-state index in [9.17, 15) is 15.0 Å². The molecule has 1 unspecified atom stereocenters. The van der Waals surface area contributed by atoms with Crippen molar-refractivity contribution in [3.05, 3.63) is 22.8 Å². The van der Waals surface area contributed by atoms with Crippen molar-refractivity contribution in [3.8, 4) is 0 Å². The number of carboxylic acids is 1. The largest absolute Gasteiger partial charge is 0.481 e. The Kier molecular flexibility index (Phi) is 6.25. The first-order valence-corrected chi connectivity index (χ1v) is 13.6. The zero-order chi connectivity index (χ0) is 24.4. The van der Waals surface area contributed by atoms with Crippen LogP contribution in [-0.4, -0.2) is 22.3 Å². The summed E-state index contributed by atoms with van der Waals surface area (Å²) in [6.07, 6.45) is 12.3. The number of fused-ring (bicyclic) bond motifs is 4. The molecule has 2 fully saturated rings. The van der Waals surface area contributed by atoms with Crippen LogP contribution in [0.4, 0.5) is 0 Å². The molecule has 0 spiro atoms. The van der Waals surface area contributed by atoms with Crippen LogP contribution in [-0.2, 0) is 4.79 Å². The Hall–Kier alpha value is -1.09. The van der Waals surface area contributed by atoms with Gasteiger partial charge >= 0.3 is 5.97 Å². The molecule has 0 bridgehead atoms. The molecule has 4 aliphatic rings. The third-order valence-electron chi connectivity index (χ3n) is 11.6. The maximum Gasteiger partial charge on any atom is 0.306 e. The molecule has 4 rings (SSSR count). The van der Waals surface area contributed by atoms with Gasteiger partial charge in [0.15, 0.2) is 0 Å². The highest BCUT2D eigenvalue weighted by Crippen LogP contribution is 2.72. The first-order valence-electron chi connectivity index (χ1n) is 13.6. The van der Waals surface area contributed by atoms with E-state index in [1.807, 2.05) is 0 Å². The molecule has 0 amide bonds. The van der Waals surface area contributed by atoms with Gasteiger partial charge in [-0.2, -0.15) is 0 Å². The highest BCUT2D eigenvalue weighted by Gasteiger charge is 2.64. The number of carboxylic acid groups (broad SMARTS) is 1. The molecule has 0 heterocycles. The van der Waals surface area contributed by atoms with Gasteiger partial charge in [0.05, 0.1) is 12.0 Å². The Morgan fingerprint density at radius 1 is 1.00 bits per heavy atom. The molecule has 0 saturated heterocycles. The van der Waals surface area contributed by atoms with Crippen LogP contribution in [0.1, 0.15) is 113 Å². The van der Waals surface area contributed by atoms with Crippen molar-refractivity contribution in [1.29, 1.82) is 0 Å². The lowest BCUT2D eigenvalue weighted by Gasteiger charge is -2.62. The smallest absolute Gasteiger partial charge is 0.306 e. The molecule has 3 heteroatoms. The molecule has 0 radical (unpaired) electrons. The fraction of sp³-hybridized carbons (Fsp3) is 0.833. The maximum atomic E-state index is 12.5. The minimum Gasteiger partial charge on any atom is -0.481 e. The summed E-state index contributed by atoms with van der Waals surface area (Å²) in [6, 6.07) is 0. The molecule has 186 valence electrons. The van der Waals surface area contributed by atoms with Gasteiger partial charge in [-0.05, 0) is 112 Å². The molecule has 0 aromatic heterocycles. The van der Waals surface area contributed by atoms with Crippen LogP contribution < -0.4 is 0 Å². The quantitative estimate of drug-likeness (QED) is 0.420. The number of aliphatic hydroxyl groups is 1. The number of aliphatic hydroxyl groups excluding tert-OH is 1.